The highest BCUT2D eigenvalue weighted by molar-refractivity contribution is 7.89. The van der Waals surface area contributed by atoms with Crippen molar-refractivity contribution >= 4 is 21.6 Å². The molecule has 1 aromatic rings. The quantitative estimate of drug-likeness (QED) is 0.829. The van der Waals surface area contributed by atoms with Gasteiger partial charge in [0.2, 0.25) is 15.9 Å². The van der Waals surface area contributed by atoms with E-state index in [4.69, 9.17) is 0 Å². The van der Waals surface area contributed by atoms with Crippen LogP contribution in [0.4, 0.5) is 5.69 Å². The van der Waals surface area contributed by atoms with Gasteiger partial charge in [-0.3, -0.25) is 4.79 Å². The Morgan fingerprint density at radius 2 is 2.06 bits per heavy atom. The van der Waals surface area contributed by atoms with Gasteiger partial charge in [-0.05, 0) is 11.6 Å². The number of sulfonamides is 1. The lowest BCUT2D eigenvalue weighted by Crippen LogP contribution is -2.36. The zero-order valence-electron chi connectivity index (χ0n) is 9.80. The van der Waals surface area contributed by atoms with Gasteiger partial charge in [0, 0.05) is 12.2 Å². The molecule has 0 radical (unpaired) electrons. The Morgan fingerprint density at radius 3 is 2.78 bits per heavy atom. The number of anilines is 1. The molecule has 0 spiro atoms. The number of fused-ring (bicyclic) bond motifs is 1. The zero-order valence-corrected chi connectivity index (χ0v) is 10.6. The van der Waals surface area contributed by atoms with Crippen LogP contribution in [0.15, 0.2) is 36.9 Å². The molecule has 1 aromatic carbocycles. The molecule has 5 nitrogen and oxygen atoms in total. The minimum atomic E-state index is -3.48. The lowest BCUT2D eigenvalue weighted by atomic mass is 10.2. The molecule has 0 aliphatic carbocycles. The van der Waals surface area contributed by atoms with E-state index < -0.39 is 10.0 Å². The Kier molecular flexibility index (Phi) is 3.49. The normalized spacial score (nSPS) is 16.6. The van der Waals surface area contributed by atoms with Crippen molar-refractivity contribution in [3.8, 4) is 0 Å². The predicted octanol–water partition coefficient (Wildman–Crippen LogP) is 0.956. The second-order valence-electron chi connectivity index (χ2n) is 4.04. The van der Waals surface area contributed by atoms with E-state index in [0.29, 0.717) is 5.69 Å². The van der Waals surface area contributed by atoms with E-state index in [-0.39, 0.29) is 24.7 Å². The fourth-order valence-electron chi connectivity index (χ4n) is 1.83. The Balaban J connectivity index is 2.37. The molecular formula is C12H14N2O3S. The number of nitrogens with one attached hydrogen (secondary N) is 1. The summed E-state index contributed by atoms with van der Waals surface area (Å²) in [5, 5.41) is 2.70. The molecule has 0 saturated carbocycles. The van der Waals surface area contributed by atoms with E-state index in [2.05, 4.69) is 11.9 Å². The van der Waals surface area contributed by atoms with Gasteiger partial charge in [-0.15, -0.1) is 6.58 Å². The van der Waals surface area contributed by atoms with Crippen LogP contribution in [-0.2, 0) is 21.4 Å². The summed E-state index contributed by atoms with van der Waals surface area (Å²) in [7, 11) is -3.48. The van der Waals surface area contributed by atoms with Crippen molar-refractivity contribution in [1.29, 1.82) is 0 Å². The third kappa shape index (κ3) is 2.60. The van der Waals surface area contributed by atoms with Crippen LogP contribution < -0.4 is 5.32 Å². The van der Waals surface area contributed by atoms with Gasteiger partial charge in [0.15, 0.2) is 0 Å². The summed E-state index contributed by atoms with van der Waals surface area (Å²) in [4.78, 5) is 11.7. The Bertz CT molecular complexity index is 581. The summed E-state index contributed by atoms with van der Waals surface area (Å²) in [5.41, 5.74) is 1.45. The number of rotatable bonds is 3. The van der Waals surface area contributed by atoms with E-state index in [9.17, 15) is 13.2 Å². The second-order valence-corrected chi connectivity index (χ2v) is 6.05. The minimum Gasteiger partial charge on any atom is -0.325 e. The highest BCUT2D eigenvalue weighted by atomic mass is 32.2. The highest BCUT2D eigenvalue weighted by Crippen LogP contribution is 2.21. The Hall–Kier alpha value is -1.66. The van der Waals surface area contributed by atoms with Gasteiger partial charge in [-0.25, -0.2) is 8.42 Å². The molecule has 18 heavy (non-hydrogen) atoms. The van der Waals surface area contributed by atoms with Gasteiger partial charge < -0.3 is 5.32 Å². The number of carbonyl (C=O) groups is 1. The van der Waals surface area contributed by atoms with Gasteiger partial charge in [0.25, 0.3) is 0 Å². The second kappa shape index (κ2) is 4.91. The van der Waals surface area contributed by atoms with Crippen molar-refractivity contribution < 1.29 is 13.2 Å². The van der Waals surface area contributed by atoms with E-state index in [1.54, 1.807) is 18.2 Å². The van der Waals surface area contributed by atoms with Crippen molar-refractivity contribution in [2.75, 3.05) is 17.6 Å². The molecule has 0 fully saturated rings. The fourth-order valence-corrected chi connectivity index (χ4v) is 2.99. The molecule has 96 valence electrons. The molecule has 6 heteroatoms. The summed E-state index contributed by atoms with van der Waals surface area (Å²) in [6.07, 6.45) is 1.32. The standard InChI is InChI=1S/C12H14N2O3S/c1-2-7-18(16,17)14-8-10-5-3-4-6-11(10)13-12(15)9-14/h2-6H,1,7-9H2,(H,13,15). The zero-order chi connectivity index (χ0) is 13.2. The Labute approximate surface area is 106 Å². The molecule has 0 unspecified atom stereocenters. The first-order valence-electron chi connectivity index (χ1n) is 5.49. The molecule has 1 amide bonds. The van der Waals surface area contributed by atoms with Gasteiger partial charge >= 0.3 is 0 Å². The maximum Gasteiger partial charge on any atom is 0.239 e. The SMILES string of the molecule is C=CCS(=O)(=O)N1CC(=O)Nc2ccccc2C1. The molecule has 0 bridgehead atoms. The average Bonchev–Trinajstić information content (AvgIpc) is 2.47. The van der Waals surface area contributed by atoms with E-state index in [0.717, 1.165) is 5.56 Å². The van der Waals surface area contributed by atoms with Crippen molar-refractivity contribution in [2.45, 2.75) is 6.54 Å². The first kappa shape index (κ1) is 12.8. The number of para-hydroxylation sites is 1. The molecule has 1 aliphatic heterocycles. The third-order valence-electron chi connectivity index (χ3n) is 2.68. The van der Waals surface area contributed by atoms with Crippen molar-refractivity contribution in [3.05, 3.63) is 42.5 Å². The predicted molar refractivity (Wildman–Crippen MR) is 69.5 cm³/mol. The van der Waals surface area contributed by atoms with Gasteiger partial charge in [-0.2, -0.15) is 4.31 Å². The van der Waals surface area contributed by atoms with Gasteiger partial charge in [-0.1, -0.05) is 24.3 Å². The first-order valence-corrected chi connectivity index (χ1v) is 7.10. The number of hydrogen-bond donors (Lipinski definition) is 1. The van der Waals surface area contributed by atoms with E-state index in [1.807, 2.05) is 6.07 Å². The summed E-state index contributed by atoms with van der Waals surface area (Å²) < 4.78 is 25.1. The van der Waals surface area contributed by atoms with Crippen molar-refractivity contribution in [2.24, 2.45) is 0 Å². The summed E-state index contributed by atoms with van der Waals surface area (Å²) >= 11 is 0. The first-order chi connectivity index (χ1) is 8.53. The van der Waals surface area contributed by atoms with Crippen LogP contribution in [0.25, 0.3) is 0 Å². The monoisotopic (exact) mass is 266 g/mol. The van der Waals surface area contributed by atoms with Crippen LogP contribution in [0.1, 0.15) is 5.56 Å². The molecule has 0 saturated heterocycles. The topological polar surface area (TPSA) is 66.5 Å². The fraction of sp³-hybridized carbons (Fsp3) is 0.250. The highest BCUT2D eigenvalue weighted by Gasteiger charge is 2.27. The number of benzene rings is 1. The van der Waals surface area contributed by atoms with Crippen molar-refractivity contribution in [1.82, 2.24) is 4.31 Å². The average molecular weight is 266 g/mol. The van der Waals surface area contributed by atoms with Crippen molar-refractivity contribution in [3.63, 3.8) is 0 Å². The number of nitrogens with zero attached hydrogens (tertiary/aromatic N) is 1. The summed E-state index contributed by atoms with van der Waals surface area (Å²) in [5.74, 6) is -0.491. The van der Waals surface area contributed by atoms with E-state index >= 15 is 0 Å². The molecule has 0 aromatic heterocycles. The third-order valence-corrected chi connectivity index (χ3v) is 4.38. The van der Waals surface area contributed by atoms with Crippen LogP contribution >= 0.6 is 0 Å². The maximum atomic E-state index is 12.0. The maximum absolute atomic E-state index is 12.0. The summed E-state index contributed by atoms with van der Waals surface area (Å²) in [6, 6.07) is 7.18. The van der Waals surface area contributed by atoms with E-state index in [1.165, 1.54) is 10.4 Å². The van der Waals surface area contributed by atoms with Crippen LogP contribution in [0.2, 0.25) is 0 Å². The van der Waals surface area contributed by atoms with Crippen LogP contribution in [0.3, 0.4) is 0 Å². The summed E-state index contributed by atoms with van der Waals surface area (Å²) in [6.45, 7) is 3.46. The lowest BCUT2D eigenvalue weighted by molar-refractivity contribution is -0.116. The molecular weight excluding hydrogens is 252 g/mol. The molecule has 1 N–H and O–H groups in total. The van der Waals surface area contributed by atoms with Crippen LogP contribution in [0, 0.1) is 0 Å². The lowest BCUT2D eigenvalue weighted by Gasteiger charge is -2.18. The van der Waals surface area contributed by atoms with Crippen LogP contribution in [0.5, 0.6) is 0 Å². The largest absolute Gasteiger partial charge is 0.325 e. The molecule has 1 heterocycles. The van der Waals surface area contributed by atoms with Gasteiger partial charge in [0.05, 0.1) is 12.3 Å². The number of hydrogen-bond acceptors (Lipinski definition) is 3. The minimum absolute atomic E-state index is 0.162. The smallest absolute Gasteiger partial charge is 0.239 e. The van der Waals surface area contributed by atoms with Crippen LogP contribution in [-0.4, -0.2) is 30.9 Å². The number of carbonyl (C=O) groups excluding carboxylic acids is 1. The Morgan fingerprint density at radius 1 is 1.33 bits per heavy atom. The number of amides is 1. The van der Waals surface area contributed by atoms with Gasteiger partial charge in [0.1, 0.15) is 0 Å². The molecule has 2 rings (SSSR count). The molecule has 1 aliphatic rings. The molecule has 0 atom stereocenters.